The Morgan fingerprint density at radius 2 is 2.28 bits per heavy atom. The van der Waals surface area contributed by atoms with Gasteiger partial charge in [-0.2, -0.15) is 0 Å². The fourth-order valence-corrected chi connectivity index (χ4v) is 1.99. The molecule has 0 bridgehead atoms. The van der Waals surface area contributed by atoms with E-state index in [1.165, 1.54) is 0 Å². The zero-order valence-electron chi connectivity index (χ0n) is 10.8. The number of carbonyl (C=O) groups excluding carboxylic acids is 1. The number of aromatic nitrogens is 1. The standard InChI is InChI=1S/C13H20N2O2S/c1-3-11(16)7-8-14-13(17)10-5-6-12(15-9-10)18-4-2/h5-6,9,11,16H,3-4,7-8H2,1-2H3,(H,14,17). The fraction of sp³-hybridized carbons (Fsp3) is 0.538. The topological polar surface area (TPSA) is 62.2 Å². The number of thioether (sulfide) groups is 1. The molecule has 4 nitrogen and oxygen atoms in total. The zero-order chi connectivity index (χ0) is 13.4. The fourth-order valence-electron chi connectivity index (χ4n) is 1.41. The molecule has 1 amide bonds. The number of pyridine rings is 1. The molecule has 18 heavy (non-hydrogen) atoms. The van der Waals surface area contributed by atoms with Crippen LogP contribution >= 0.6 is 11.8 Å². The Hall–Kier alpha value is -1.07. The number of nitrogens with one attached hydrogen (secondary N) is 1. The molecule has 1 heterocycles. The molecule has 0 spiro atoms. The minimum atomic E-state index is -0.341. The van der Waals surface area contributed by atoms with E-state index < -0.39 is 0 Å². The summed E-state index contributed by atoms with van der Waals surface area (Å²) in [5.74, 6) is 0.826. The lowest BCUT2D eigenvalue weighted by molar-refractivity contribution is 0.0941. The molecular weight excluding hydrogens is 248 g/mol. The molecule has 100 valence electrons. The second-order valence-corrected chi connectivity index (χ2v) is 5.21. The predicted molar refractivity (Wildman–Crippen MR) is 73.9 cm³/mol. The van der Waals surface area contributed by atoms with E-state index in [2.05, 4.69) is 17.2 Å². The van der Waals surface area contributed by atoms with Crippen LogP contribution in [0.4, 0.5) is 0 Å². The van der Waals surface area contributed by atoms with Crippen LogP contribution in [0.3, 0.4) is 0 Å². The highest BCUT2D eigenvalue weighted by molar-refractivity contribution is 7.99. The Morgan fingerprint density at radius 3 is 2.83 bits per heavy atom. The Kier molecular flexibility index (Phi) is 6.75. The normalized spacial score (nSPS) is 12.2. The van der Waals surface area contributed by atoms with E-state index in [0.29, 0.717) is 24.9 Å². The van der Waals surface area contributed by atoms with Crippen LogP contribution < -0.4 is 5.32 Å². The van der Waals surface area contributed by atoms with Gasteiger partial charge in [0.25, 0.3) is 5.91 Å². The summed E-state index contributed by atoms with van der Waals surface area (Å²) in [6.45, 7) is 4.46. The van der Waals surface area contributed by atoms with E-state index in [4.69, 9.17) is 0 Å². The van der Waals surface area contributed by atoms with Crippen molar-refractivity contribution in [2.24, 2.45) is 0 Å². The molecule has 1 aromatic rings. The molecule has 0 radical (unpaired) electrons. The third-order valence-electron chi connectivity index (χ3n) is 2.53. The number of rotatable bonds is 7. The second-order valence-electron chi connectivity index (χ2n) is 3.92. The van der Waals surface area contributed by atoms with Gasteiger partial charge in [-0.3, -0.25) is 4.79 Å². The third-order valence-corrected chi connectivity index (χ3v) is 3.35. The van der Waals surface area contributed by atoms with Gasteiger partial charge in [0.1, 0.15) is 0 Å². The Bertz CT molecular complexity index is 368. The van der Waals surface area contributed by atoms with E-state index in [0.717, 1.165) is 10.8 Å². The minimum Gasteiger partial charge on any atom is -0.393 e. The summed E-state index contributed by atoms with van der Waals surface area (Å²) in [6.07, 6.45) is 2.54. The van der Waals surface area contributed by atoms with E-state index in [9.17, 15) is 9.90 Å². The van der Waals surface area contributed by atoms with E-state index in [1.807, 2.05) is 13.0 Å². The molecule has 0 aliphatic rings. The van der Waals surface area contributed by atoms with Crippen LogP contribution in [-0.2, 0) is 0 Å². The number of carbonyl (C=O) groups is 1. The van der Waals surface area contributed by atoms with Crippen molar-refractivity contribution in [2.45, 2.75) is 37.8 Å². The molecule has 1 rings (SSSR count). The average Bonchev–Trinajstić information content (AvgIpc) is 2.39. The van der Waals surface area contributed by atoms with Crippen molar-refractivity contribution in [1.82, 2.24) is 10.3 Å². The maximum absolute atomic E-state index is 11.7. The lowest BCUT2D eigenvalue weighted by Gasteiger charge is -2.08. The molecule has 2 N–H and O–H groups in total. The summed E-state index contributed by atoms with van der Waals surface area (Å²) in [7, 11) is 0. The van der Waals surface area contributed by atoms with Gasteiger partial charge in [0.05, 0.1) is 16.7 Å². The molecule has 0 aromatic carbocycles. The van der Waals surface area contributed by atoms with Crippen molar-refractivity contribution < 1.29 is 9.90 Å². The van der Waals surface area contributed by atoms with Gasteiger partial charge in [-0.15, -0.1) is 11.8 Å². The maximum Gasteiger partial charge on any atom is 0.252 e. The average molecular weight is 268 g/mol. The van der Waals surface area contributed by atoms with Gasteiger partial charge >= 0.3 is 0 Å². The molecule has 1 atom stereocenters. The second kappa shape index (κ2) is 8.11. The van der Waals surface area contributed by atoms with Gasteiger partial charge < -0.3 is 10.4 Å². The third kappa shape index (κ3) is 5.06. The zero-order valence-corrected chi connectivity index (χ0v) is 11.7. The first-order valence-corrected chi connectivity index (χ1v) is 7.21. The number of nitrogens with zero attached hydrogens (tertiary/aromatic N) is 1. The lowest BCUT2D eigenvalue weighted by atomic mass is 10.2. The molecule has 0 aliphatic carbocycles. The number of aliphatic hydroxyl groups excluding tert-OH is 1. The van der Waals surface area contributed by atoms with Gasteiger partial charge in [0.15, 0.2) is 0 Å². The molecule has 0 saturated heterocycles. The van der Waals surface area contributed by atoms with Crippen LogP contribution in [0.2, 0.25) is 0 Å². The van der Waals surface area contributed by atoms with Crippen molar-refractivity contribution in [1.29, 1.82) is 0 Å². The number of aliphatic hydroxyl groups is 1. The first-order chi connectivity index (χ1) is 8.67. The van der Waals surface area contributed by atoms with E-state index in [1.54, 1.807) is 24.0 Å². The van der Waals surface area contributed by atoms with E-state index >= 15 is 0 Å². The van der Waals surface area contributed by atoms with Crippen LogP contribution in [0.15, 0.2) is 23.4 Å². The first-order valence-electron chi connectivity index (χ1n) is 6.22. The van der Waals surface area contributed by atoms with Crippen molar-refractivity contribution in [3.63, 3.8) is 0 Å². The molecule has 0 fully saturated rings. The summed E-state index contributed by atoms with van der Waals surface area (Å²) in [4.78, 5) is 15.9. The van der Waals surface area contributed by atoms with Crippen LogP contribution in [0, 0.1) is 0 Å². The highest BCUT2D eigenvalue weighted by Gasteiger charge is 2.07. The Labute approximate surface area is 112 Å². The van der Waals surface area contributed by atoms with Gasteiger partial charge in [0, 0.05) is 12.7 Å². The highest BCUT2D eigenvalue weighted by atomic mass is 32.2. The number of hydrogen-bond acceptors (Lipinski definition) is 4. The van der Waals surface area contributed by atoms with Gasteiger partial charge in [-0.1, -0.05) is 13.8 Å². The van der Waals surface area contributed by atoms with Crippen LogP contribution in [0.25, 0.3) is 0 Å². The first kappa shape index (κ1) is 15.0. The van der Waals surface area contributed by atoms with Crippen LogP contribution in [-0.4, -0.2) is 34.4 Å². The SMILES string of the molecule is CCSc1ccc(C(=O)NCCC(O)CC)cn1. The predicted octanol–water partition coefficient (Wildman–Crippen LogP) is 2.08. The summed E-state index contributed by atoms with van der Waals surface area (Å²) in [5, 5.41) is 13.1. The molecule has 1 aromatic heterocycles. The van der Waals surface area contributed by atoms with Crippen LogP contribution in [0.1, 0.15) is 37.0 Å². The summed E-state index contributed by atoms with van der Waals surface area (Å²) in [6, 6.07) is 3.63. The van der Waals surface area contributed by atoms with Gasteiger partial charge in [-0.05, 0) is 30.7 Å². The lowest BCUT2D eigenvalue weighted by Crippen LogP contribution is -2.27. The quantitative estimate of drug-likeness (QED) is 0.743. The van der Waals surface area contributed by atoms with Crippen molar-refractivity contribution in [2.75, 3.05) is 12.3 Å². The van der Waals surface area contributed by atoms with Crippen LogP contribution in [0.5, 0.6) is 0 Å². The molecule has 1 unspecified atom stereocenters. The van der Waals surface area contributed by atoms with Crippen molar-refractivity contribution in [3.05, 3.63) is 23.9 Å². The summed E-state index contributed by atoms with van der Waals surface area (Å²) < 4.78 is 0. The minimum absolute atomic E-state index is 0.140. The smallest absolute Gasteiger partial charge is 0.252 e. The molecule has 0 aliphatic heterocycles. The molecule has 0 saturated carbocycles. The van der Waals surface area contributed by atoms with Crippen molar-refractivity contribution >= 4 is 17.7 Å². The molecular formula is C13H20N2O2S. The molecule has 5 heteroatoms. The largest absolute Gasteiger partial charge is 0.393 e. The van der Waals surface area contributed by atoms with Gasteiger partial charge in [0.2, 0.25) is 0 Å². The summed E-state index contributed by atoms with van der Waals surface area (Å²) in [5.41, 5.74) is 0.557. The van der Waals surface area contributed by atoms with Gasteiger partial charge in [-0.25, -0.2) is 4.98 Å². The maximum atomic E-state index is 11.7. The Balaban J connectivity index is 2.41. The number of amides is 1. The highest BCUT2D eigenvalue weighted by Crippen LogP contribution is 2.14. The van der Waals surface area contributed by atoms with E-state index in [-0.39, 0.29) is 12.0 Å². The summed E-state index contributed by atoms with van der Waals surface area (Å²) >= 11 is 1.64. The number of hydrogen-bond donors (Lipinski definition) is 2. The monoisotopic (exact) mass is 268 g/mol. The Morgan fingerprint density at radius 1 is 1.50 bits per heavy atom. The van der Waals surface area contributed by atoms with Crippen molar-refractivity contribution in [3.8, 4) is 0 Å².